The highest BCUT2D eigenvalue weighted by atomic mass is 16.3. The molecule has 1 N–H and O–H groups in total. The van der Waals surface area contributed by atoms with E-state index >= 15 is 0 Å². The molecule has 0 aromatic heterocycles. The Labute approximate surface area is 103 Å². The van der Waals surface area contributed by atoms with Crippen LogP contribution in [-0.4, -0.2) is 35.1 Å². The molecule has 0 radical (unpaired) electrons. The fourth-order valence-corrected chi connectivity index (χ4v) is 3.56. The molecule has 0 bridgehead atoms. The van der Waals surface area contributed by atoms with Gasteiger partial charge in [-0.15, -0.1) is 0 Å². The average Bonchev–Trinajstić information content (AvgIpc) is 2.88. The van der Waals surface area contributed by atoms with Crippen LogP contribution in [0.15, 0.2) is 0 Å². The van der Waals surface area contributed by atoms with Crippen LogP contribution in [-0.2, 0) is 4.79 Å². The minimum absolute atomic E-state index is 0.201. The van der Waals surface area contributed by atoms with Gasteiger partial charge in [-0.3, -0.25) is 4.79 Å². The summed E-state index contributed by atoms with van der Waals surface area (Å²) >= 11 is 0. The quantitative estimate of drug-likeness (QED) is 0.792. The number of carbonyl (C=O) groups excluding carboxylic acids is 1. The third-order valence-electron chi connectivity index (χ3n) is 4.95. The molecule has 0 saturated heterocycles. The number of aliphatic hydroxyl groups is 1. The summed E-state index contributed by atoms with van der Waals surface area (Å²) in [7, 11) is 0. The Morgan fingerprint density at radius 1 is 1.18 bits per heavy atom. The predicted molar refractivity (Wildman–Crippen MR) is 65.4 cm³/mol. The molecule has 3 nitrogen and oxygen atoms in total. The van der Waals surface area contributed by atoms with Crippen molar-refractivity contribution in [1.29, 1.82) is 0 Å². The molecule has 2 unspecified atom stereocenters. The zero-order chi connectivity index (χ0) is 11.8. The summed E-state index contributed by atoms with van der Waals surface area (Å²) < 4.78 is 0. The first-order valence-corrected chi connectivity index (χ1v) is 7.21. The van der Waals surface area contributed by atoms with Gasteiger partial charge in [0.15, 0.2) is 0 Å². The first-order chi connectivity index (χ1) is 8.29. The Morgan fingerprint density at radius 3 is 2.41 bits per heavy atom. The summed E-state index contributed by atoms with van der Waals surface area (Å²) in [6, 6.07) is 0.492. The Balaban J connectivity index is 1.58. The standard InChI is InChI=1S/C14H23NO2/c16-6-2-5-15(13-3-1-4-13)14(17)12-8-10-7-11(10)9-12/h10-13,16H,1-9H2. The smallest absolute Gasteiger partial charge is 0.225 e. The van der Waals surface area contributed by atoms with Gasteiger partial charge in [0.05, 0.1) is 0 Å². The maximum absolute atomic E-state index is 12.5. The minimum atomic E-state index is 0.201. The van der Waals surface area contributed by atoms with Crippen molar-refractivity contribution in [1.82, 2.24) is 4.90 Å². The molecule has 0 aromatic rings. The van der Waals surface area contributed by atoms with E-state index in [4.69, 9.17) is 5.11 Å². The molecule has 96 valence electrons. The van der Waals surface area contributed by atoms with E-state index in [1.54, 1.807) is 0 Å². The summed E-state index contributed by atoms with van der Waals surface area (Å²) in [5.41, 5.74) is 0. The van der Waals surface area contributed by atoms with Crippen molar-refractivity contribution in [2.24, 2.45) is 17.8 Å². The zero-order valence-electron chi connectivity index (χ0n) is 10.5. The van der Waals surface area contributed by atoms with E-state index in [1.807, 2.05) is 0 Å². The van der Waals surface area contributed by atoms with Crippen LogP contribution >= 0.6 is 0 Å². The largest absolute Gasteiger partial charge is 0.396 e. The van der Waals surface area contributed by atoms with Gasteiger partial charge >= 0.3 is 0 Å². The lowest BCUT2D eigenvalue weighted by molar-refractivity contribution is -0.140. The van der Waals surface area contributed by atoms with E-state index in [1.165, 1.54) is 25.7 Å². The van der Waals surface area contributed by atoms with E-state index in [9.17, 15) is 4.79 Å². The van der Waals surface area contributed by atoms with Gasteiger partial charge in [-0.2, -0.15) is 0 Å². The molecule has 2 atom stereocenters. The molecule has 1 amide bonds. The van der Waals surface area contributed by atoms with Crippen molar-refractivity contribution in [2.45, 2.75) is 51.0 Å². The number of rotatable bonds is 5. The maximum atomic E-state index is 12.5. The number of hydrogen-bond donors (Lipinski definition) is 1. The van der Waals surface area contributed by atoms with Crippen LogP contribution in [0.5, 0.6) is 0 Å². The lowest BCUT2D eigenvalue weighted by atomic mass is 9.89. The van der Waals surface area contributed by atoms with Gasteiger partial charge in [0.1, 0.15) is 0 Å². The predicted octanol–water partition coefficient (Wildman–Crippen LogP) is 1.80. The number of carbonyl (C=O) groups is 1. The molecule has 3 aliphatic rings. The second-order valence-corrected chi connectivity index (χ2v) is 6.12. The summed E-state index contributed by atoms with van der Waals surface area (Å²) in [6.45, 7) is 0.970. The zero-order valence-corrected chi connectivity index (χ0v) is 10.5. The van der Waals surface area contributed by atoms with Crippen molar-refractivity contribution in [3.63, 3.8) is 0 Å². The van der Waals surface area contributed by atoms with E-state index in [0.29, 0.717) is 17.9 Å². The monoisotopic (exact) mass is 237 g/mol. The van der Waals surface area contributed by atoms with Crippen LogP contribution in [0.1, 0.15) is 44.9 Å². The number of fused-ring (bicyclic) bond motifs is 1. The first-order valence-electron chi connectivity index (χ1n) is 7.21. The molecule has 0 spiro atoms. The number of nitrogens with zero attached hydrogens (tertiary/aromatic N) is 1. The molecule has 0 aromatic carbocycles. The molecule has 3 rings (SSSR count). The summed E-state index contributed by atoms with van der Waals surface area (Å²) in [5, 5.41) is 8.95. The van der Waals surface area contributed by atoms with E-state index in [-0.39, 0.29) is 6.61 Å². The van der Waals surface area contributed by atoms with Crippen LogP contribution in [0.3, 0.4) is 0 Å². The Bertz CT molecular complexity index is 291. The van der Waals surface area contributed by atoms with Crippen molar-refractivity contribution in [2.75, 3.05) is 13.2 Å². The lowest BCUT2D eigenvalue weighted by Crippen LogP contribution is -2.47. The van der Waals surface area contributed by atoms with Crippen LogP contribution < -0.4 is 0 Å². The average molecular weight is 237 g/mol. The normalized spacial score (nSPS) is 35.2. The van der Waals surface area contributed by atoms with Gasteiger partial charge in [-0.05, 0) is 56.8 Å². The molecule has 3 saturated carbocycles. The topological polar surface area (TPSA) is 40.5 Å². The van der Waals surface area contributed by atoms with Gasteiger partial charge in [-0.1, -0.05) is 0 Å². The summed E-state index contributed by atoms with van der Waals surface area (Å²) in [6.07, 6.45) is 8.03. The van der Waals surface area contributed by atoms with Crippen molar-refractivity contribution in [3.8, 4) is 0 Å². The maximum Gasteiger partial charge on any atom is 0.225 e. The fourth-order valence-electron chi connectivity index (χ4n) is 3.56. The third-order valence-corrected chi connectivity index (χ3v) is 4.95. The van der Waals surface area contributed by atoms with E-state index < -0.39 is 0 Å². The van der Waals surface area contributed by atoms with Gasteiger partial charge in [0.25, 0.3) is 0 Å². The van der Waals surface area contributed by atoms with E-state index in [2.05, 4.69) is 4.90 Å². The SMILES string of the molecule is O=C(C1CC2CC2C1)N(CCCO)C1CCC1. The van der Waals surface area contributed by atoms with Crippen LogP contribution in [0.2, 0.25) is 0 Å². The fraction of sp³-hybridized carbons (Fsp3) is 0.929. The second-order valence-electron chi connectivity index (χ2n) is 6.12. The van der Waals surface area contributed by atoms with Crippen LogP contribution in [0.4, 0.5) is 0 Å². The molecule has 0 heterocycles. The number of aliphatic hydroxyl groups excluding tert-OH is 1. The number of amides is 1. The lowest BCUT2D eigenvalue weighted by Gasteiger charge is -2.39. The van der Waals surface area contributed by atoms with Crippen molar-refractivity contribution in [3.05, 3.63) is 0 Å². The summed E-state index contributed by atoms with van der Waals surface area (Å²) in [5.74, 6) is 2.48. The van der Waals surface area contributed by atoms with Crippen LogP contribution in [0.25, 0.3) is 0 Å². The van der Waals surface area contributed by atoms with Gasteiger partial charge < -0.3 is 10.0 Å². The first kappa shape index (κ1) is 11.5. The Morgan fingerprint density at radius 2 is 1.88 bits per heavy atom. The van der Waals surface area contributed by atoms with Gasteiger partial charge in [0, 0.05) is 25.1 Å². The third kappa shape index (κ3) is 2.22. The minimum Gasteiger partial charge on any atom is -0.396 e. The van der Waals surface area contributed by atoms with Crippen LogP contribution in [0, 0.1) is 17.8 Å². The summed E-state index contributed by atoms with van der Waals surface area (Å²) in [4.78, 5) is 14.6. The van der Waals surface area contributed by atoms with Crippen molar-refractivity contribution < 1.29 is 9.90 Å². The second kappa shape index (κ2) is 4.60. The molecular formula is C14H23NO2. The molecule has 17 heavy (non-hydrogen) atoms. The molecule has 3 heteroatoms. The number of hydrogen-bond acceptors (Lipinski definition) is 2. The molecular weight excluding hydrogens is 214 g/mol. The molecule has 3 fully saturated rings. The van der Waals surface area contributed by atoms with Gasteiger partial charge in [0.2, 0.25) is 5.91 Å². The van der Waals surface area contributed by atoms with E-state index in [0.717, 1.165) is 37.6 Å². The highest BCUT2D eigenvalue weighted by Gasteiger charge is 2.49. The molecule has 0 aliphatic heterocycles. The van der Waals surface area contributed by atoms with Crippen molar-refractivity contribution >= 4 is 5.91 Å². The highest BCUT2D eigenvalue weighted by molar-refractivity contribution is 5.80. The Hall–Kier alpha value is -0.570. The molecule has 3 aliphatic carbocycles. The Kier molecular flexibility index (Phi) is 3.12. The van der Waals surface area contributed by atoms with Gasteiger partial charge in [-0.25, -0.2) is 0 Å². The highest BCUT2D eigenvalue weighted by Crippen LogP contribution is 2.54.